The van der Waals surface area contributed by atoms with E-state index < -0.39 is 0 Å². The second-order valence-electron chi connectivity index (χ2n) is 1.18. The zero-order valence-corrected chi connectivity index (χ0v) is 10.8. The van der Waals surface area contributed by atoms with Crippen molar-refractivity contribution in [1.82, 2.24) is 0 Å². The van der Waals surface area contributed by atoms with Crippen LogP contribution < -0.4 is 0 Å². The van der Waals surface area contributed by atoms with Crippen LogP contribution >= 0.6 is 0 Å². The van der Waals surface area contributed by atoms with Crippen LogP contribution in [0.4, 0.5) is 0 Å². The number of methoxy groups -OCH3 is 1. The first-order chi connectivity index (χ1) is 8.41. The fourth-order valence-corrected chi connectivity index (χ4v) is 0.263. The second kappa shape index (κ2) is 230. The molecule has 0 aromatic carbocycles. The summed E-state index contributed by atoms with van der Waals surface area (Å²) in [5.41, 5.74) is 0. The van der Waals surface area contributed by atoms with Gasteiger partial charge in [-0.05, 0) is 12.8 Å². The van der Waals surface area contributed by atoms with Crippen LogP contribution in [0.1, 0.15) is 12.8 Å². The van der Waals surface area contributed by atoms with E-state index in [1.54, 1.807) is 7.11 Å². The molecule has 2 radical (unpaired) electrons. The van der Waals surface area contributed by atoms with Gasteiger partial charge in [0.05, 0.1) is 0 Å². The maximum atomic E-state index is 7.50. The van der Waals surface area contributed by atoms with Gasteiger partial charge >= 0.3 is 56.5 Å². The van der Waals surface area contributed by atoms with E-state index >= 15 is 0 Å². The smallest absolute Gasteiger partial charge is 0 e. The molecular weight excluding hydrogens is 280 g/mol. The van der Waals surface area contributed by atoms with Gasteiger partial charge in [-0.3, -0.25) is 0 Å². The summed E-state index contributed by atoms with van der Waals surface area (Å²) in [4.78, 5) is 0. The molecule has 96 valence electrons. The largest absolute Gasteiger partial charge is 0 e. The van der Waals surface area contributed by atoms with Crippen molar-refractivity contribution in [2.45, 2.75) is 12.8 Å². The van der Waals surface area contributed by atoms with E-state index in [0.717, 1.165) is 12.8 Å². The Morgan fingerprint density at radius 1 is 0.944 bits per heavy atom. The summed E-state index contributed by atoms with van der Waals surface area (Å²) in [5, 5.41) is 0. The normalized spacial score (nSPS) is 3.94. The van der Waals surface area contributed by atoms with Gasteiger partial charge in [0.15, 0.2) is 0 Å². The van der Waals surface area contributed by atoms with Crippen molar-refractivity contribution in [3.63, 3.8) is 0 Å². The van der Waals surface area contributed by atoms with Gasteiger partial charge in [-0.2, -0.15) is 0 Å². The molecule has 0 rings (SSSR count). The predicted molar refractivity (Wildman–Crippen MR) is 49.3 cm³/mol. The van der Waals surface area contributed by atoms with E-state index in [4.69, 9.17) is 23.3 Å². The van der Waals surface area contributed by atoms with Crippen LogP contribution in [-0.4, -0.2) is 7.11 Å². The summed E-state index contributed by atoms with van der Waals surface area (Å²) in [6, 6.07) is 0. The Hall–Kier alpha value is -1.07. The average molecular weight is 290 g/mol. The molecule has 0 amide bonds. The molecule has 0 aromatic heterocycles. The van der Waals surface area contributed by atoms with E-state index in [0.29, 0.717) is 0 Å². The van der Waals surface area contributed by atoms with Crippen LogP contribution in [0.3, 0.4) is 0 Å². The Kier molecular flexibility index (Phi) is 556. The molecule has 0 aliphatic heterocycles. The molecule has 0 aliphatic rings. The van der Waals surface area contributed by atoms with Gasteiger partial charge in [0.25, 0.3) is 0 Å². The van der Waals surface area contributed by atoms with Crippen molar-refractivity contribution in [3.8, 4) is 0 Å². The third kappa shape index (κ3) is 337. The van der Waals surface area contributed by atoms with Crippen LogP contribution in [0.15, 0.2) is 12.7 Å². The molecule has 0 spiro atoms. The van der Waals surface area contributed by atoms with Crippen molar-refractivity contribution in [2.75, 3.05) is 7.11 Å². The number of hydrogen-bond donors (Lipinski definition) is 0. The Bertz CT molecular complexity index is 157. The molecule has 0 aliphatic carbocycles. The van der Waals surface area contributed by atoms with Gasteiger partial charge in [0.2, 0.25) is 0 Å². The van der Waals surface area contributed by atoms with E-state index in [-0.39, 0.29) is 17.4 Å². The van der Waals surface area contributed by atoms with Crippen LogP contribution in [0.2, 0.25) is 0 Å². The Labute approximate surface area is 118 Å². The average Bonchev–Trinajstić information content (AvgIpc) is 2.50. The van der Waals surface area contributed by atoms with Gasteiger partial charge in [-0.15, -0.1) is 6.58 Å². The fraction of sp³-hybridized carbons (Fsp3) is 0.273. The quantitative estimate of drug-likeness (QED) is 0.332. The summed E-state index contributed by atoms with van der Waals surface area (Å²) in [6.07, 6.45) is 3.64. The van der Waals surface area contributed by atoms with Crippen LogP contribution in [0.5, 0.6) is 0 Å². The molecule has 0 atom stereocenters. The minimum atomic E-state index is 0. The van der Waals surface area contributed by atoms with Gasteiger partial charge in [-0.25, -0.2) is 0 Å². The molecule has 6 nitrogen and oxygen atoms in total. The maximum absolute atomic E-state index is 7.50. The minimum absolute atomic E-state index is 0. The van der Waals surface area contributed by atoms with Crippen LogP contribution in [0, 0.1) is 39.9 Å². The predicted octanol–water partition coefficient (Wildman–Crippen LogP) is 1.45. The number of unbranched alkanes of at least 4 members (excludes halogenated alkanes) is 1. The van der Waals surface area contributed by atoms with E-state index in [2.05, 4.69) is 51.2 Å². The molecular formula is C11H10CrO6. The fourth-order valence-electron chi connectivity index (χ4n) is 0.263. The van der Waals surface area contributed by atoms with Crippen molar-refractivity contribution in [1.29, 1.82) is 0 Å². The van der Waals surface area contributed by atoms with Gasteiger partial charge in [-0.1, -0.05) is 6.08 Å². The summed E-state index contributed by atoms with van der Waals surface area (Å²) >= 11 is 0. The molecule has 0 aromatic rings. The zero-order valence-electron chi connectivity index (χ0n) is 9.56. The summed E-state index contributed by atoms with van der Waals surface area (Å²) in [6.45, 7) is 28.7. The van der Waals surface area contributed by atoms with Gasteiger partial charge < -0.3 is 4.74 Å². The van der Waals surface area contributed by atoms with Crippen molar-refractivity contribution in [3.05, 3.63) is 52.5 Å². The zero-order chi connectivity index (χ0) is 15.5. The molecule has 18 heavy (non-hydrogen) atoms. The number of ether oxygens (including phenoxy) is 1. The monoisotopic (exact) mass is 290 g/mol. The van der Waals surface area contributed by atoms with Crippen LogP contribution in [0.25, 0.3) is 0 Å². The molecule has 0 heterocycles. The van der Waals surface area contributed by atoms with Crippen LogP contribution in [-0.2, 0) is 45.4 Å². The van der Waals surface area contributed by atoms with Crippen molar-refractivity contribution in [2.24, 2.45) is 0 Å². The molecule has 0 N–H and O–H groups in total. The SMILES string of the molecule is C=CCC[C]OC.[C-]#[O+].[C-]#[O+].[C-]#[O+].[C-]#[O+].[C-]#[O+].[Cr]. The molecule has 0 fully saturated rings. The van der Waals surface area contributed by atoms with Crippen molar-refractivity contribution >= 4 is 0 Å². The Balaban J connectivity index is -0.0000000189. The van der Waals surface area contributed by atoms with Gasteiger partial charge in [0.1, 0.15) is 6.61 Å². The molecule has 7 heteroatoms. The van der Waals surface area contributed by atoms with E-state index in [1.807, 2.05) is 6.08 Å². The number of rotatable bonds is 4. The Morgan fingerprint density at radius 2 is 1.22 bits per heavy atom. The maximum Gasteiger partial charge on any atom is 0 e. The first-order valence-corrected chi connectivity index (χ1v) is 3.30. The Morgan fingerprint density at radius 3 is 1.39 bits per heavy atom. The third-order valence-electron chi connectivity index (χ3n) is 0.595. The van der Waals surface area contributed by atoms with Gasteiger partial charge in [0, 0.05) is 24.5 Å². The summed E-state index contributed by atoms with van der Waals surface area (Å²) in [7, 11) is 1.60. The first kappa shape index (κ1) is 43.6. The molecule has 0 saturated carbocycles. The minimum Gasteiger partial charge on any atom is 0 e. The van der Waals surface area contributed by atoms with E-state index in [1.165, 1.54) is 0 Å². The molecule has 0 bridgehead atoms. The topological polar surface area (TPSA) is 109 Å². The number of hydrogen-bond acceptors (Lipinski definition) is 1. The number of allylic oxidation sites excluding steroid dienone is 1. The first-order valence-electron chi connectivity index (χ1n) is 3.30. The molecule has 0 saturated heterocycles. The second-order valence-corrected chi connectivity index (χ2v) is 1.18. The standard InChI is InChI=1S/C6H10O.5CO.Cr/c1-3-4-5-6-7-2;5*1-2;/h3H,1,4-5H2,2H3;;;;;;. The molecule has 0 unspecified atom stereocenters. The summed E-state index contributed by atoms with van der Waals surface area (Å²) in [5.74, 6) is 0. The van der Waals surface area contributed by atoms with E-state index in [9.17, 15) is 0 Å². The summed E-state index contributed by atoms with van der Waals surface area (Å²) < 4.78 is 42.0. The van der Waals surface area contributed by atoms with Crippen molar-refractivity contribution < 1.29 is 45.4 Å². The third-order valence-corrected chi connectivity index (χ3v) is 0.595.